The minimum absolute atomic E-state index is 0.0664. The van der Waals surface area contributed by atoms with Gasteiger partial charge in [0.05, 0.1) is 16.7 Å². The Kier molecular flexibility index (Phi) is 6.95. The number of likely N-dealkylation sites (tertiary alicyclic amines) is 1. The topological polar surface area (TPSA) is 97.1 Å². The van der Waals surface area contributed by atoms with Crippen molar-refractivity contribution in [3.63, 3.8) is 0 Å². The van der Waals surface area contributed by atoms with Crippen LogP contribution in [0, 0.1) is 0 Å². The SMILES string of the molecule is CCc1ccccc1C[C@H](C)Nc1cc[nH]c(=O)c1-c1nc2cc3c(cc2[nH]1)CN(CCN1CCCC1)C3=O. The van der Waals surface area contributed by atoms with Gasteiger partial charge in [0.1, 0.15) is 11.4 Å². The van der Waals surface area contributed by atoms with E-state index in [1.54, 1.807) is 6.20 Å². The van der Waals surface area contributed by atoms with Gasteiger partial charge in [-0.3, -0.25) is 9.59 Å². The van der Waals surface area contributed by atoms with Crippen molar-refractivity contribution in [1.82, 2.24) is 24.8 Å². The number of pyridine rings is 1. The summed E-state index contributed by atoms with van der Waals surface area (Å²) in [5.74, 6) is 0.564. The average molecular weight is 525 g/mol. The first-order valence-corrected chi connectivity index (χ1v) is 14.1. The summed E-state index contributed by atoms with van der Waals surface area (Å²) in [6, 6.07) is 14.4. The van der Waals surface area contributed by atoms with E-state index < -0.39 is 0 Å². The fraction of sp³-hybridized carbons (Fsp3) is 0.387. The third kappa shape index (κ3) is 5.08. The molecule has 8 heteroatoms. The number of aromatic amines is 2. The van der Waals surface area contributed by atoms with E-state index in [0.29, 0.717) is 29.0 Å². The zero-order valence-electron chi connectivity index (χ0n) is 22.7. The second-order valence-corrected chi connectivity index (χ2v) is 10.9. The van der Waals surface area contributed by atoms with Crippen LogP contribution in [0.3, 0.4) is 0 Å². The Labute approximate surface area is 228 Å². The lowest BCUT2D eigenvalue weighted by Crippen LogP contribution is -2.33. The van der Waals surface area contributed by atoms with Gasteiger partial charge in [0.25, 0.3) is 11.5 Å². The molecule has 1 amide bonds. The fourth-order valence-electron chi connectivity index (χ4n) is 6.03. The molecule has 4 aromatic rings. The van der Waals surface area contributed by atoms with E-state index in [1.807, 2.05) is 23.1 Å². The summed E-state index contributed by atoms with van der Waals surface area (Å²) in [4.78, 5) is 41.5. The van der Waals surface area contributed by atoms with Crippen molar-refractivity contribution in [2.75, 3.05) is 31.5 Å². The number of nitrogens with zero attached hydrogens (tertiary/aromatic N) is 3. The summed E-state index contributed by atoms with van der Waals surface area (Å²) in [5, 5.41) is 3.54. The quantitative estimate of drug-likeness (QED) is 0.298. The number of nitrogens with one attached hydrogen (secondary N) is 3. The summed E-state index contributed by atoms with van der Waals surface area (Å²) in [5.41, 5.74) is 6.89. The van der Waals surface area contributed by atoms with Gasteiger partial charge in [0, 0.05) is 37.4 Å². The second-order valence-electron chi connectivity index (χ2n) is 10.9. The first-order valence-electron chi connectivity index (χ1n) is 14.1. The number of benzene rings is 2. The normalized spacial score (nSPS) is 16.3. The minimum atomic E-state index is -0.211. The molecule has 2 aromatic heterocycles. The zero-order valence-corrected chi connectivity index (χ0v) is 22.7. The number of aryl methyl sites for hydroxylation is 1. The molecule has 39 heavy (non-hydrogen) atoms. The van der Waals surface area contributed by atoms with E-state index >= 15 is 0 Å². The third-order valence-corrected chi connectivity index (χ3v) is 8.10. The molecule has 2 aliphatic rings. The molecule has 0 saturated carbocycles. The number of fused-ring (bicyclic) bond motifs is 2. The van der Waals surface area contributed by atoms with Gasteiger partial charge in [-0.1, -0.05) is 31.2 Å². The lowest BCUT2D eigenvalue weighted by Gasteiger charge is -2.20. The van der Waals surface area contributed by atoms with Crippen molar-refractivity contribution in [2.45, 2.75) is 52.1 Å². The molecule has 6 rings (SSSR count). The Balaban J connectivity index is 1.23. The number of hydrogen-bond donors (Lipinski definition) is 3. The Morgan fingerprint density at radius 2 is 1.85 bits per heavy atom. The van der Waals surface area contributed by atoms with Crippen LogP contribution < -0.4 is 10.9 Å². The maximum atomic E-state index is 13.2. The molecule has 3 N–H and O–H groups in total. The van der Waals surface area contributed by atoms with E-state index in [9.17, 15) is 9.59 Å². The molecule has 0 aliphatic carbocycles. The number of carbonyl (C=O) groups excluding carboxylic acids is 1. The molecular formula is C31H36N6O2. The van der Waals surface area contributed by atoms with E-state index in [4.69, 9.17) is 4.98 Å². The van der Waals surface area contributed by atoms with Crippen LogP contribution in [0.1, 0.15) is 53.7 Å². The summed E-state index contributed by atoms with van der Waals surface area (Å²) in [6.45, 7) is 8.84. The maximum Gasteiger partial charge on any atom is 0.261 e. The molecule has 1 saturated heterocycles. The number of carbonyl (C=O) groups is 1. The van der Waals surface area contributed by atoms with Gasteiger partial charge in [-0.2, -0.15) is 0 Å². The summed E-state index contributed by atoms with van der Waals surface area (Å²) in [6.07, 6.45) is 5.99. The first kappa shape index (κ1) is 25.4. The molecule has 0 unspecified atom stereocenters. The Morgan fingerprint density at radius 3 is 2.64 bits per heavy atom. The molecule has 202 valence electrons. The van der Waals surface area contributed by atoms with Crippen LogP contribution in [0.4, 0.5) is 5.69 Å². The highest BCUT2D eigenvalue weighted by Gasteiger charge is 2.29. The lowest BCUT2D eigenvalue weighted by atomic mass is 9.99. The van der Waals surface area contributed by atoms with E-state index in [-0.39, 0.29) is 17.5 Å². The Hall–Kier alpha value is -3.91. The van der Waals surface area contributed by atoms with Crippen LogP contribution in [0.2, 0.25) is 0 Å². The van der Waals surface area contributed by atoms with Crippen LogP contribution in [0.15, 0.2) is 53.5 Å². The third-order valence-electron chi connectivity index (χ3n) is 8.10. The summed E-state index contributed by atoms with van der Waals surface area (Å²) < 4.78 is 0. The van der Waals surface area contributed by atoms with Crippen LogP contribution in [-0.4, -0.2) is 62.9 Å². The zero-order chi connectivity index (χ0) is 26.9. The summed E-state index contributed by atoms with van der Waals surface area (Å²) >= 11 is 0. The van der Waals surface area contributed by atoms with Crippen LogP contribution in [0.5, 0.6) is 0 Å². The van der Waals surface area contributed by atoms with Gasteiger partial charge in [-0.05, 0) is 80.6 Å². The highest BCUT2D eigenvalue weighted by molar-refractivity contribution is 6.02. The molecular weight excluding hydrogens is 488 g/mol. The maximum absolute atomic E-state index is 13.2. The minimum Gasteiger partial charge on any atom is -0.381 e. The monoisotopic (exact) mass is 524 g/mol. The highest BCUT2D eigenvalue weighted by atomic mass is 16.2. The molecule has 1 fully saturated rings. The number of rotatable bonds is 9. The van der Waals surface area contributed by atoms with E-state index in [0.717, 1.165) is 55.8 Å². The number of hydrogen-bond acceptors (Lipinski definition) is 5. The highest BCUT2D eigenvalue weighted by Crippen LogP contribution is 2.30. The molecule has 2 aliphatic heterocycles. The molecule has 0 radical (unpaired) electrons. The number of imidazole rings is 1. The fourth-order valence-corrected chi connectivity index (χ4v) is 6.03. The van der Waals surface area contributed by atoms with Crippen molar-refractivity contribution in [1.29, 1.82) is 0 Å². The van der Waals surface area contributed by atoms with Crippen molar-refractivity contribution >= 4 is 22.6 Å². The van der Waals surface area contributed by atoms with Crippen LogP contribution in [-0.2, 0) is 19.4 Å². The lowest BCUT2D eigenvalue weighted by molar-refractivity contribution is 0.0763. The van der Waals surface area contributed by atoms with Gasteiger partial charge < -0.3 is 25.1 Å². The van der Waals surface area contributed by atoms with E-state index in [2.05, 4.69) is 58.3 Å². The number of amides is 1. The van der Waals surface area contributed by atoms with Crippen LogP contribution >= 0.6 is 0 Å². The Bertz CT molecular complexity index is 1570. The molecule has 4 heterocycles. The number of H-pyrrole nitrogens is 2. The molecule has 2 aromatic carbocycles. The van der Waals surface area contributed by atoms with Gasteiger partial charge in [0.2, 0.25) is 0 Å². The van der Waals surface area contributed by atoms with Gasteiger partial charge in [0.15, 0.2) is 0 Å². The molecule has 8 nitrogen and oxygen atoms in total. The predicted molar refractivity (Wildman–Crippen MR) is 155 cm³/mol. The standard InChI is InChI=1S/C31H36N6O2/c1-3-21-8-4-5-9-22(21)16-20(2)33-25-10-11-32-30(38)28(25)29-34-26-17-23-19-37(15-14-36-12-6-7-13-36)31(39)24(23)18-27(26)35-29/h4-5,8-11,17-18,20H,3,6-7,12-16,19H2,1-2H3,(H,34,35)(H2,32,33,38)/t20-/m0/s1. The first-order chi connectivity index (χ1) is 19.0. The number of anilines is 1. The molecule has 0 bridgehead atoms. The molecule has 1 atom stereocenters. The van der Waals surface area contributed by atoms with Crippen molar-refractivity contribution < 1.29 is 4.79 Å². The van der Waals surface area contributed by atoms with Gasteiger partial charge in [-0.15, -0.1) is 0 Å². The number of aromatic nitrogens is 3. The predicted octanol–water partition coefficient (Wildman–Crippen LogP) is 4.58. The smallest absolute Gasteiger partial charge is 0.261 e. The van der Waals surface area contributed by atoms with Gasteiger partial charge >= 0.3 is 0 Å². The second kappa shape index (κ2) is 10.7. The Morgan fingerprint density at radius 1 is 1.05 bits per heavy atom. The van der Waals surface area contributed by atoms with Crippen molar-refractivity contribution in [3.05, 3.63) is 81.3 Å². The molecule has 0 spiro atoms. The van der Waals surface area contributed by atoms with E-state index in [1.165, 1.54) is 24.0 Å². The van der Waals surface area contributed by atoms with Crippen molar-refractivity contribution in [3.8, 4) is 11.4 Å². The van der Waals surface area contributed by atoms with Crippen LogP contribution in [0.25, 0.3) is 22.4 Å². The summed E-state index contributed by atoms with van der Waals surface area (Å²) in [7, 11) is 0. The van der Waals surface area contributed by atoms with Crippen molar-refractivity contribution in [2.24, 2.45) is 0 Å². The average Bonchev–Trinajstić information content (AvgIpc) is 3.66. The largest absolute Gasteiger partial charge is 0.381 e. The van der Waals surface area contributed by atoms with Gasteiger partial charge in [-0.25, -0.2) is 4.98 Å².